The minimum absolute atomic E-state index is 0.465. The monoisotopic (exact) mass is 340 g/mol. The molecule has 0 amide bonds. The lowest BCUT2D eigenvalue weighted by molar-refractivity contribution is 0.906. The normalized spacial score (nSPS) is 20.4. The van der Waals surface area contributed by atoms with Crippen molar-refractivity contribution in [2.24, 2.45) is 0 Å². The van der Waals surface area contributed by atoms with Gasteiger partial charge in [-0.1, -0.05) is 17.7 Å². The summed E-state index contributed by atoms with van der Waals surface area (Å²) in [4.78, 5) is 8.97. The van der Waals surface area contributed by atoms with Crippen LogP contribution >= 0.6 is 22.9 Å². The largest absolute Gasteiger partial charge is 0.242 e. The van der Waals surface area contributed by atoms with Crippen LogP contribution < -0.4 is 0 Å². The van der Waals surface area contributed by atoms with E-state index in [-0.39, 0.29) is 0 Å². The van der Waals surface area contributed by atoms with Crippen LogP contribution in [0.15, 0.2) is 36.7 Å². The van der Waals surface area contributed by atoms with E-state index in [2.05, 4.69) is 40.2 Å². The molecule has 5 rings (SSSR count). The highest BCUT2D eigenvalue weighted by Crippen LogP contribution is 2.56. The Hall–Kier alpha value is -1.98. The number of benzene rings is 1. The van der Waals surface area contributed by atoms with Crippen LogP contribution in [0.1, 0.15) is 34.4 Å². The van der Waals surface area contributed by atoms with Crippen molar-refractivity contribution in [2.75, 3.05) is 0 Å². The zero-order chi connectivity index (χ0) is 15.6. The number of imidazole rings is 1. The number of halogens is 1. The van der Waals surface area contributed by atoms with E-state index in [0.717, 1.165) is 22.6 Å². The van der Waals surface area contributed by atoms with Gasteiger partial charge in [0.1, 0.15) is 5.15 Å². The minimum atomic E-state index is 0.465. The van der Waals surface area contributed by atoms with Crippen molar-refractivity contribution in [1.29, 1.82) is 0 Å². The first-order chi connectivity index (χ1) is 11.2. The van der Waals surface area contributed by atoms with Gasteiger partial charge in [0.2, 0.25) is 0 Å². The van der Waals surface area contributed by atoms with Crippen molar-refractivity contribution in [2.45, 2.75) is 25.2 Å². The van der Waals surface area contributed by atoms with Crippen LogP contribution in [-0.2, 0) is 0 Å². The highest BCUT2D eigenvalue weighted by atomic mass is 35.5. The van der Waals surface area contributed by atoms with Crippen molar-refractivity contribution in [3.8, 4) is 0 Å². The molecule has 0 spiro atoms. The van der Waals surface area contributed by atoms with Crippen molar-refractivity contribution < 1.29 is 0 Å². The third-order valence-corrected chi connectivity index (χ3v) is 5.61. The predicted octanol–water partition coefficient (Wildman–Crippen LogP) is 4.57. The summed E-state index contributed by atoms with van der Waals surface area (Å²) in [5.41, 5.74) is 4.58. The molecule has 114 valence electrons. The second-order valence-corrected chi connectivity index (χ2v) is 7.65. The summed E-state index contributed by atoms with van der Waals surface area (Å²) in [6.07, 6.45) is 4.74. The fourth-order valence-corrected chi connectivity index (χ4v) is 4.45. The summed E-state index contributed by atoms with van der Waals surface area (Å²) >= 11 is 7.92. The number of hydrogen-bond donors (Lipinski definition) is 0. The molecule has 0 bridgehead atoms. The summed E-state index contributed by atoms with van der Waals surface area (Å²) in [6, 6.07) is 8.59. The number of rotatable bonds is 2. The maximum Gasteiger partial charge on any atom is 0.157 e. The number of fused-ring (bicyclic) bond motifs is 2. The number of aromatic nitrogens is 4. The van der Waals surface area contributed by atoms with Gasteiger partial charge in [0, 0.05) is 18.0 Å². The van der Waals surface area contributed by atoms with Crippen LogP contribution in [-0.4, -0.2) is 19.6 Å². The van der Waals surface area contributed by atoms with Crippen LogP contribution in [0.25, 0.3) is 15.9 Å². The lowest BCUT2D eigenvalue weighted by Crippen LogP contribution is -1.96. The van der Waals surface area contributed by atoms with Gasteiger partial charge in [0.05, 0.1) is 15.2 Å². The Morgan fingerprint density at radius 2 is 2.17 bits per heavy atom. The molecule has 4 aromatic rings. The molecule has 4 nitrogen and oxygen atoms in total. The molecular weight excluding hydrogens is 328 g/mol. The summed E-state index contributed by atoms with van der Waals surface area (Å²) in [6.45, 7) is 2.05. The Bertz CT molecular complexity index is 1050. The molecule has 3 heterocycles. The zero-order valence-electron chi connectivity index (χ0n) is 12.4. The molecule has 6 heteroatoms. The molecule has 1 aliphatic carbocycles. The quantitative estimate of drug-likeness (QED) is 0.536. The van der Waals surface area contributed by atoms with Gasteiger partial charge in [-0.3, -0.25) is 0 Å². The van der Waals surface area contributed by atoms with E-state index in [9.17, 15) is 0 Å². The molecule has 1 aliphatic rings. The molecule has 1 aromatic carbocycles. The molecule has 3 aromatic heterocycles. The smallest absolute Gasteiger partial charge is 0.157 e. The summed E-state index contributed by atoms with van der Waals surface area (Å²) in [5.74, 6) is 0.993. The third kappa shape index (κ3) is 2.15. The lowest BCUT2D eigenvalue weighted by Gasteiger charge is -2.04. The number of aryl methyl sites for hydroxylation is 1. The van der Waals surface area contributed by atoms with Gasteiger partial charge in [0.25, 0.3) is 0 Å². The Labute approximate surface area is 141 Å². The third-order valence-electron chi connectivity index (χ3n) is 4.50. The Morgan fingerprint density at radius 3 is 3.09 bits per heavy atom. The van der Waals surface area contributed by atoms with Crippen molar-refractivity contribution >= 4 is 38.8 Å². The van der Waals surface area contributed by atoms with Gasteiger partial charge in [-0.15, -0.1) is 11.3 Å². The maximum absolute atomic E-state index is 6.16. The highest BCUT2D eigenvalue weighted by molar-refractivity contribution is 7.18. The van der Waals surface area contributed by atoms with Crippen LogP contribution in [0, 0.1) is 6.92 Å². The van der Waals surface area contributed by atoms with Crippen LogP contribution in [0.3, 0.4) is 0 Å². The molecule has 0 saturated heterocycles. The number of hydrogen-bond acceptors (Lipinski definition) is 4. The van der Waals surface area contributed by atoms with Gasteiger partial charge < -0.3 is 0 Å². The Morgan fingerprint density at radius 1 is 1.26 bits per heavy atom. The first-order valence-electron chi connectivity index (χ1n) is 7.56. The van der Waals surface area contributed by atoms with Crippen molar-refractivity contribution in [3.63, 3.8) is 0 Å². The lowest BCUT2D eigenvalue weighted by atomic mass is 10.1. The van der Waals surface area contributed by atoms with E-state index in [4.69, 9.17) is 11.6 Å². The SMILES string of the molecule is Cc1nc2ccc([C@H]3C[C@@H]3c3cc(Cl)nn4ccnc34)cc2s1. The van der Waals surface area contributed by atoms with Gasteiger partial charge in [-0.2, -0.15) is 5.10 Å². The van der Waals surface area contributed by atoms with E-state index in [0.29, 0.717) is 17.0 Å². The van der Waals surface area contributed by atoms with Gasteiger partial charge in [-0.05, 0) is 48.9 Å². The second kappa shape index (κ2) is 4.76. The van der Waals surface area contributed by atoms with E-state index in [1.54, 1.807) is 22.0 Å². The maximum atomic E-state index is 6.16. The van der Waals surface area contributed by atoms with E-state index >= 15 is 0 Å². The Balaban J connectivity index is 1.55. The first-order valence-corrected chi connectivity index (χ1v) is 8.75. The first kappa shape index (κ1) is 13.5. The fraction of sp³-hybridized carbons (Fsp3) is 0.235. The van der Waals surface area contributed by atoms with Crippen molar-refractivity contribution in [1.82, 2.24) is 19.6 Å². The molecule has 2 atom stereocenters. The summed E-state index contributed by atoms with van der Waals surface area (Å²) < 4.78 is 3.03. The molecule has 23 heavy (non-hydrogen) atoms. The van der Waals surface area contributed by atoms with Gasteiger partial charge in [-0.25, -0.2) is 14.5 Å². The molecular formula is C17H13ClN4S. The molecule has 1 fully saturated rings. The van der Waals surface area contributed by atoms with E-state index < -0.39 is 0 Å². The summed E-state index contributed by atoms with van der Waals surface area (Å²) in [7, 11) is 0. The van der Waals surface area contributed by atoms with Crippen LogP contribution in [0.4, 0.5) is 0 Å². The van der Waals surface area contributed by atoms with Gasteiger partial charge in [0.15, 0.2) is 5.65 Å². The molecule has 0 N–H and O–H groups in total. The molecule has 1 saturated carbocycles. The average Bonchev–Trinajstić information content (AvgIpc) is 3.01. The Kier molecular flexibility index (Phi) is 2.78. The van der Waals surface area contributed by atoms with Crippen molar-refractivity contribution in [3.05, 3.63) is 57.9 Å². The zero-order valence-corrected chi connectivity index (χ0v) is 14.0. The van der Waals surface area contributed by atoms with E-state index in [1.165, 1.54) is 15.8 Å². The highest BCUT2D eigenvalue weighted by Gasteiger charge is 2.41. The molecule has 0 aliphatic heterocycles. The second-order valence-electron chi connectivity index (χ2n) is 6.03. The molecule has 0 unspecified atom stereocenters. The molecule has 0 radical (unpaired) electrons. The van der Waals surface area contributed by atoms with Crippen LogP contribution in [0.5, 0.6) is 0 Å². The summed E-state index contributed by atoms with van der Waals surface area (Å²) in [5, 5.41) is 5.89. The number of thiazole rings is 1. The fourth-order valence-electron chi connectivity index (χ4n) is 3.38. The topological polar surface area (TPSA) is 43.1 Å². The van der Waals surface area contributed by atoms with E-state index in [1.807, 2.05) is 12.3 Å². The minimum Gasteiger partial charge on any atom is -0.242 e. The standard InChI is InChI=1S/C17H13ClN4S/c1-9-20-14-3-2-10(6-15(14)23-9)11-7-12(11)13-8-16(18)21-22-5-4-19-17(13)22/h2-6,8,11-12H,7H2,1H3/t11-,12+/m1/s1. The van der Waals surface area contributed by atoms with Crippen LogP contribution in [0.2, 0.25) is 5.15 Å². The predicted molar refractivity (Wildman–Crippen MR) is 92.5 cm³/mol. The average molecular weight is 341 g/mol. The van der Waals surface area contributed by atoms with Gasteiger partial charge >= 0.3 is 0 Å². The number of nitrogens with zero attached hydrogens (tertiary/aromatic N) is 4.